The van der Waals surface area contributed by atoms with Gasteiger partial charge in [0.05, 0.1) is 42.6 Å². The van der Waals surface area contributed by atoms with Crippen LogP contribution in [-0.4, -0.2) is 118 Å². The Balaban J connectivity index is 1.31. The minimum atomic E-state index is -5.12. The van der Waals surface area contributed by atoms with Crippen LogP contribution in [0.15, 0.2) is 54.7 Å². The third kappa shape index (κ3) is 9.88. The maximum absolute atomic E-state index is 15.2. The topological polar surface area (TPSA) is 207 Å². The maximum atomic E-state index is 15.2. The zero-order valence-corrected chi connectivity index (χ0v) is 38.7. The van der Waals surface area contributed by atoms with E-state index in [0.717, 1.165) is 4.90 Å². The summed E-state index contributed by atoms with van der Waals surface area (Å²) in [7, 11) is -2.55. The van der Waals surface area contributed by atoms with Crippen LogP contribution < -0.4 is 24.2 Å². The Morgan fingerprint density at radius 1 is 1.03 bits per heavy atom. The van der Waals surface area contributed by atoms with Crippen molar-refractivity contribution in [3.63, 3.8) is 0 Å². The Hall–Kier alpha value is -5.66. The van der Waals surface area contributed by atoms with E-state index in [1.807, 2.05) is 20.8 Å². The second kappa shape index (κ2) is 18.2. The molecule has 0 bridgehead atoms. The van der Waals surface area contributed by atoms with Crippen LogP contribution in [0, 0.1) is 17.8 Å². The number of amides is 4. The van der Waals surface area contributed by atoms with Crippen molar-refractivity contribution >= 4 is 44.6 Å². The summed E-state index contributed by atoms with van der Waals surface area (Å²) in [5.41, 5.74) is -3.98. The number of alkyl halides is 3. The molecule has 1 saturated heterocycles. The molecule has 66 heavy (non-hydrogen) atoms. The molecule has 3 N–H and O–H groups in total. The Morgan fingerprint density at radius 2 is 1.74 bits per heavy atom. The molecule has 0 radical (unpaired) electrons. The highest BCUT2D eigenvalue weighted by molar-refractivity contribution is 7.91. The molecule has 20 heteroatoms. The number of nitrogens with one attached hydrogen (secondary N) is 2. The Labute approximate surface area is 381 Å². The third-order valence-electron chi connectivity index (χ3n) is 13.0. The van der Waals surface area contributed by atoms with E-state index in [1.165, 1.54) is 14.0 Å². The largest absolute Gasteiger partial charge is 0.497 e. The molecule has 4 amide bonds. The first kappa shape index (κ1) is 48.3. The van der Waals surface area contributed by atoms with E-state index >= 15 is 4.79 Å². The van der Waals surface area contributed by atoms with E-state index in [-0.39, 0.29) is 42.1 Å². The average Bonchev–Trinajstić information content (AvgIpc) is 4.17. The number of allylic oxidation sites excluding steroid dienone is 1. The second-order valence-electron chi connectivity index (χ2n) is 18.9. The lowest BCUT2D eigenvalue weighted by molar-refractivity contribution is -0.222. The molecule has 16 nitrogen and oxygen atoms in total. The molecule has 2 aromatic heterocycles. The summed E-state index contributed by atoms with van der Waals surface area (Å²) < 4.78 is 90.6. The summed E-state index contributed by atoms with van der Waals surface area (Å²) in [5.74, 6) is -3.63. The van der Waals surface area contributed by atoms with Gasteiger partial charge in [-0.25, -0.2) is 18.2 Å². The molecule has 3 aromatic rings. The van der Waals surface area contributed by atoms with Crippen molar-refractivity contribution in [2.24, 2.45) is 17.8 Å². The maximum Gasteiger partial charge on any atom is 0.411 e. The van der Waals surface area contributed by atoms with E-state index in [0.29, 0.717) is 73.2 Å². The quantitative estimate of drug-likeness (QED) is 0.173. The number of hydrogen-bond acceptors (Lipinski definition) is 11. The van der Waals surface area contributed by atoms with Gasteiger partial charge in [-0.05, 0) is 120 Å². The van der Waals surface area contributed by atoms with Crippen LogP contribution in [0.2, 0.25) is 0 Å². The molecule has 0 unspecified atom stereocenters. The van der Waals surface area contributed by atoms with Gasteiger partial charge in [0.15, 0.2) is 0 Å². The molecule has 4 aliphatic rings. The Morgan fingerprint density at radius 3 is 2.36 bits per heavy atom. The summed E-state index contributed by atoms with van der Waals surface area (Å²) in [6.07, 6.45) is -1.59. The van der Waals surface area contributed by atoms with Gasteiger partial charge in [-0.3, -0.25) is 29.0 Å². The van der Waals surface area contributed by atoms with Crippen molar-refractivity contribution < 1.29 is 60.1 Å². The van der Waals surface area contributed by atoms with Crippen LogP contribution >= 0.6 is 0 Å². The standard InChI is InChI=1S/C46H57F3N6O10S/c1-25(2)64-31-13-17-35(50-23-31)36-20-28-19-30(63-7)12-16-34(28)40(51-36)65-32-21-37-39(56)52-45(42(58)53-66(61,62)33-14-15-33)22-29(45)11-9-8-10-26(3)18-27(4)38(41(57)54(37)24-32)55(43(59)60)44(5,6)46(47,48)49/h9,11-13,16-17,19-20,23,25-27,29,32-33,37-38H,8,10,14-15,18,21-22,24H2,1-7H3,(H,52,56)(H,53,58)(H,59,60)/t26-,27-,29-,32-,37+,38+,45-/m1/s1. The van der Waals surface area contributed by atoms with E-state index in [1.54, 1.807) is 54.7 Å². The number of pyridine rings is 2. The fraction of sp³-hybridized carbons (Fsp3) is 0.565. The highest BCUT2D eigenvalue weighted by Gasteiger charge is 2.63. The van der Waals surface area contributed by atoms with Gasteiger partial charge < -0.3 is 29.5 Å². The predicted octanol–water partition coefficient (Wildman–Crippen LogP) is 6.63. The number of methoxy groups -OCH3 is 1. The van der Waals surface area contributed by atoms with Gasteiger partial charge in [0.2, 0.25) is 27.7 Å². The molecule has 2 aliphatic heterocycles. The van der Waals surface area contributed by atoms with E-state index in [2.05, 4.69) is 15.0 Å². The SMILES string of the molecule is COc1ccc2c(O[C@@H]3C[C@H]4C(=O)N[C@]5(C(=O)NS(=O)(=O)C6CC6)C[C@H]5C=CCC[C@@H](C)C[C@@H](C)[C@H](N(C(=O)O)C(C)(C)C(F)(F)F)C(=O)N4C3)nc(-c3ccc(OC(C)C)cn3)cc2c1. The molecule has 3 fully saturated rings. The van der Waals surface area contributed by atoms with Gasteiger partial charge in [0, 0.05) is 17.7 Å². The van der Waals surface area contributed by atoms with Crippen LogP contribution in [0.5, 0.6) is 17.4 Å². The number of carbonyl (C=O) groups excluding carboxylic acids is 3. The number of nitrogens with zero attached hydrogens (tertiary/aromatic N) is 4. The number of carboxylic acid groups (broad SMARTS) is 1. The number of sulfonamides is 1. The zero-order valence-electron chi connectivity index (χ0n) is 37.9. The highest BCUT2D eigenvalue weighted by Crippen LogP contribution is 2.47. The molecule has 358 valence electrons. The predicted molar refractivity (Wildman–Crippen MR) is 236 cm³/mol. The summed E-state index contributed by atoms with van der Waals surface area (Å²) in [4.78, 5) is 67.6. The summed E-state index contributed by atoms with van der Waals surface area (Å²) in [6, 6.07) is 6.91. The monoisotopic (exact) mass is 942 g/mol. The van der Waals surface area contributed by atoms with Crippen LogP contribution in [0.4, 0.5) is 18.0 Å². The van der Waals surface area contributed by atoms with Crippen molar-refractivity contribution in [1.29, 1.82) is 0 Å². The molecule has 1 aromatic carbocycles. The normalized spacial score (nSPS) is 26.4. The van der Waals surface area contributed by atoms with E-state index < -0.39 is 92.9 Å². The Kier molecular flexibility index (Phi) is 13.3. The molecular formula is C46H57F3N6O10S. The van der Waals surface area contributed by atoms with Crippen molar-refractivity contribution in [1.82, 2.24) is 29.8 Å². The molecule has 7 rings (SSSR count). The minimum Gasteiger partial charge on any atom is -0.497 e. The number of hydrogen-bond donors (Lipinski definition) is 3. The summed E-state index contributed by atoms with van der Waals surface area (Å²) >= 11 is 0. The zero-order chi connectivity index (χ0) is 48.1. The van der Waals surface area contributed by atoms with Gasteiger partial charge in [-0.2, -0.15) is 13.2 Å². The van der Waals surface area contributed by atoms with Crippen LogP contribution in [0.25, 0.3) is 22.2 Å². The lowest BCUT2D eigenvalue weighted by Crippen LogP contribution is -2.66. The van der Waals surface area contributed by atoms with Gasteiger partial charge in [0.1, 0.15) is 40.8 Å². The lowest BCUT2D eigenvalue weighted by Gasteiger charge is -2.45. The first-order chi connectivity index (χ1) is 30.9. The molecular weight excluding hydrogens is 886 g/mol. The Bertz CT molecular complexity index is 2500. The smallest absolute Gasteiger partial charge is 0.411 e. The number of halogens is 3. The minimum absolute atomic E-state index is 0.0361. The third-order valence-corrected chi connectivity index (χ3v) is 14.8. The van der Waals surface area contributed by atoms with Crippen LogP contribution in [0.3, 0.4) is 0 Å². The fourth-order valence-corrected chi connectivity index (χ4v) is 10.4. The van der Waals surface area contributed by atoms with Crippen LogP contribution in [0.1, 0.15) is 86.5 Å². The van der Waals surface area contributed by atoms with Crippen LogP contribution in [-0.2, 0) is 24.4 Å². The van der Waals surface area contributed by atoms with Crippen molar-refractivity contribution in [3.8, 4) is 28.8 Å². The number of aromatic nitrogens is 2. The number of benzene rings is 1. The molecule has 7 atom stereocenters. The molecule has 2 aliphatic carbocycles. The van der Waals surface area contributed by atoms with Crippen molar-refractivity contribution in [3.05, 3.63) is 54.7 Å². The molecule has 4 heterocycles. The summed E-state index contributed by atoms with van der Waals surface area (Å²) in [6.45, 7) is 8.10. The molecule has 0 spiro atoms. The van der Waals surface area contributed by atoms with Crippen molar-refractivity contribution in [2.75, 3.05) is 13.7 Å². The highest BCUT2D eigenvalue weighted by atomic mass is 32.2. The van der Waals surface area contributed by atoms with Gasteiger partial charge in [-0.1, -0.05) is 26.0 Å². The van der Waals surface area contributed by atoms with Gasteiger partial charge >= 0.3 is 12.3 Å². The van der Waals surface area contributed by atoms with Crippen molar-refractivity contribution in [2.45, 2.75) is 133 Å². The van der Waals surface area contributed by atoms with E-state index in [4.69, 9.17) is 19.2 Å². The average molecular weight is 943 g/mol. The lowest BCUT2D eigenvalue weighted by atomic mass is 9.85. The first-order valence-electron chi connectivity index (χ1n) is 22.2. The summed E-state index contributed by atoms with van der Waals surface area (Å²) in [5, 5.41) is 13.7. The second-order valence-corrected chi connectivity index (χ2v) is 20.8. The molecule has 2 saturated carbocycles. The number of ether oxygens (including phenoxy) is 3. The number of carbonyl (C=O) groups is 4. The van der Waals surface area contributed by atoms with Gasteiger partial charge in [0.25, 0.3) is 5.91 Å². The number of fused-ring (bicyclic) bond motifs is 3. The number of rotatable bonds is 11. The first-order valence-corrected chi connectivity index (χ1v) is 23.7. The van der Waals surface area contributed by atoms with Gasteiger partial charge in [-0.15, -0.1) is 0 Å². The van der Waals surface area contributed by atoms with E-state index in [9.17, 15) is 41.1 Å². The fourth-order valence-electron chi connectivity index (χ4n) is 9.07.